The van der Waals surface area contributed by atoms with E-state index in [0.717, 1.165) is 45.1 Å². The average Bonchev–Trinajstić information content (AvgIpc) is 2.61. The highest BCUT2D eigenvalue weighted by atomic mass is 15.3. The SMILES string of the molecule is CC(C)(C)NCc1ccc(N2CCN(Cc3ccccc3)CC2)nc1. The third kappa shape index (κ3) is 5.55. The summed E-state index contributed by atoms with van der Waals surface area (Å²) >= 11 is 0. The van der Waals surface area contributed by atoms with Gasteiger partial charge in [-0.15, -0.1) is 0 Å². The zero-order valence-electron chi connectivity index (χ0n) is 15.7. The van der Waals surface area contributed by atoms with Gasteiger partial charge in [-0.05, 0) is 38.0 Å². The van der Waals surface area contributed by atoms with Crippen molar-refractivity contribution >= 4 is 5.82 Å². The van der Waals surface area contributed by atoms with Gasteiger partial charge < -0.3 is 10.2 Å². The van der Waals surface area contributed by atoms with Crippen molar-refractivity contribution in [2.45, 2.75) is 39.4 Å². The van der Waals surface area contributed by atoms with Gasteiger partial charge in [-0.1, -0.05) is 36.4 Å². The van der Waals surface area contributed by atoms with Gasteiger partial charge in [-0.25, -0.2) is 4.98 Å². The predicted molar refractivity (Wildman–Crippen MR) is 105 cm³/mol. The first kappa shape index (κ1) is 17.9. The van der Waals surface area contributed by atoms with Gasteiger partial charge in [0.1, 0.15) is 5.82 Å². The highest BCUT2D eigenvalue weighted by Gasteiger charge is 2.18. The van der Waals surface area contributed by atoms with Crippen LogP contribution < -0.4 is 10.2 Å². The van der Waals surface area contributed by atoms with Gasteiger partial charge in [0.15, 0.2) is 0 Å². The van der Waals surface area contributed by atoms with Crippen LogP contribution in [0.1, 0.15) is 31.9 Å². The molecule has 1 aliphatic heterocycles. The van der Waals surface area contributed by atoms with Crippen LogP contribution in [0.5, 0.6) is 0 Å². The van der Waals surface area contributed by atoms with E-state index < -0.39 is 0 Å². The van der Waals surface area contributed by atoms with Crippen LogP contribution in [0.25, 0.3) is 0 Å². The monoisotopic (exact) mass is 338 g/mol. The topological polar surface area (TPSA) is 31.4 Å². The van der Waals surface area contributed by atoms with E-state index in [2.05, 4.69) is 83.3 Å². The van der Waals surface area contributed by atoms with Crippen LogP contribution in [0.2, 0.25) is 0 Å². The fraction of sp³-hybridized carbons (Fsp3) is 0.476. The summed E-state index contributed by atoms with van der Waals surface area (Å²) in [5, 5.41) is 3.51. The van der Waals surface area contributed by atoms with E-state index in [1.54, 1.807) is 0 Å². The van der Waals surface area contributed by atoms with Crippen molar-refractivity contribution < 1.29 is 0 Å². The molecule has 4 nitrogen and oxygen atoms in total. The molecule has 0 saturated carbocycles. The third-order valence-electron chi connectivity index (χ3n) is 4.58. The number of nitrogens with one attached hydrogen (secondary N) is 1. The van der Waals surface area contributed by atoms with Gasteiger partial charge in [-0.2, -0.15) is 0 Å². The van der Waals surface area contributed by atoms with Crippen molar-refractivity contribution in [2.75, 3.05) is 31.1 Å². The summed E-state index contributed by atoms with van der Waals surface area (Å²) in [6.45, 7) is 12.7. The maximum Gasteiger partial charge on any atom is 0.128 e. The molecule has 2 heterocycles. The number of benzene rings is 1. The zero-order valence-corrected chi connectivity index (χ0v) is 15.7. The molecule has 1 fully saturated rings. The number of hydrogen-bond acceptors (Lipinski definition) is 4. The van der Waals surface area contributed by atoms with Gasteiger partial charge in [0.2, 0.25) is 0 Å². The van der Waals surface area contributed by atoms with Crippen molar-refractivity contribution in [3.63, 3.8) is 0 Å². The van der Waals surface area contributed by atoms with Crippen LogP contribution in [0.3, 0.4) is 0 Å². The highest BCUT2D eigenvalue weighted by Crippen LogP contribution is 2.16. The lowest BCUT2D eigenvalue weighted by atomic mass is 10.1. The molecule has 0 unspecified atom stereocenters. The van der Waals surface area contributed by atoms with Crippen molar-refractivity contribution in [1.82, 2.24) is 15.2 Å². The summed E-state index contributed by atoms with van der Waals surface area (Å²) in [6, 6.07) is 15.1. The Kier molecular flexibility index (Phi) is 5.71. The summed E-state index contributed by atoms with van der Waals surface area (Å²) in [5.41, 5.74) is 2.76. The minimum absolute atomic E-state index is 0.133. The quantitative estimate of drug-likeness (QED) is 0.906. The Labute approximate surface area is 151 Å². The lowest BCUT2D eigenvalue weighted by Crippen LogP contribution is -2.46. The molecule has 1 saturated heterocycles. The molecule has 0 radical (unpaired) electrons. The maximum absolute atomic E-state index is 4.68. The minimum Gasteiger partial charge on any atom is -0.354 e. The number of anilines is 1. The van der Waals surface area contributed by atoms with Gasteiger partial charge in [-0.3, -0.25) is 4.90 Å². The Morgan fingerprint density at radius 1 is 0.920 bits per heavy atom. The first-order valence-corrected chi connectivity index (χ1v) is 9.21. The normalized spacial score (nSPS) is 16.2. The molecular formula is C21H30N4. The lowest BCUT2D eigenvalue weighted by Gasteiger charge is -2.35. The largest absolute Gasteiger partial charge is 0.354 e. The Morgan fingerprint density at radius 2 is 1.64 bits per heavy atom. The number of hydrogen-bond donors (Lipinski definition) is 1. The van der Waals surface area contributed by atoms with Crippen molar-refractivity contribution in [2.24, 2.45) is 0 Å². The van der Waals surface area contributed by atoms with Gasteiger partial charge in [0.05, 0.1) is 0 Å². The third-order valence-corrected chi connectivity index (χ3v) is 4.58. The number of pyridine rings is 1. The number of aromatic nitrogens is 1. The lowest BCUT2D eigenvalue weighted by molar-refractivity contribution is 0.249. The van der Waals surface area contributed by atoms with E-state index in [1.165, 1.54) is 11.1 Å². The predicted octanol–water partition coefficient (Wildman–Crippen LogP) is 3.29. The van der Waals surface area contributed by atoms with E-state index in [-0.39, 0.29) is 5.54 Å². The molecule has 134 valence electrons. The summed E-state index contributed by atoms with van der Waals surface area (Å²) in [7, 11) is 0. The summed E-state index contributed by atoms with van der Waals surface area (Å²) < 4.78 is 0. The van der Waals surface area contributed by atoms with E-state index >= 15 is 0 Å². The van der Waals surface area contributed by atoms with Gasteiger partial charge in [0, 0.05) is 51.0 Å². The summed E-state index contributed by atoms with van der Waals surface area (Å²) in [6.07, 6.45) is 2.00. The molecule has 0 bridgehead atoms. The molecule has 1 N–H and O–H groups in total. The maximum atomic E-state index is 4.68. The van der Waals surface area contributed by atoms with Crippen LogP contribution in [0.4, 0.5) is 5.82 Å². The first-order chi connectivity index (χ1) is 12.0. The van der Waals surface area contributed by atoms with Crippen molar-refractivity contribution in [3.05, 3.63) is 59.8 Å². The fourth-order valence-electron chi connectivity index (χ4n) is 3.05. The first-order valence-electron chi connectivity index (χ1n) is 9.21. The summed E-state index contributed by atoms with van der Waals surface area (Å²) in [4.78, 5) is 9.59. The molecule has 0 aliphatic carbocycles. The Hall–Kier alpha value is -1.91. The van der Waals surface area contributed by atoms with Crippen LogP contribution in [0.15, 0.2) is 48.7 Å². The number of piperazine rings is 1. The number of nitrogens with zero attached hydrogens (tertiary/aromatic N) is 3. The Bertz CT molecular complexity index is 638. The van der Waals surface area contributed by atoms with Crippen molar-refractivity contribution in [1.29, 1.82) is 0 Å². The van der Waals surface area contributed by atoms with Crippen LogP contribution in [-0.2, 0) is 13.1 Å². The second kappa shape index (κ2) is 7.98. The summed E-state index contributed by atoms with van der Waals surface area (Å²) in [5.74, 6) is 1.10. The average molecular weight is 338 g/mol. The Balaban J connectivity index is 1.49. The molecule has 1 aromatic carbocycles. The fourth-order valence-corrected chi connectivity index (χ4v) is 3.05. The molecule has 2 aromatic rings. The smallest absolute Gasteiger partial charge is 0.128 e. The molecule has 3 rings (SSSR count). The molecule has 0 amide bonds. The molecule has 25 heavy (non-hydrogen) atoms. The molecule has 0 spiro atoms. The Morgan fingerprint density at radius 3 is 2.24 bits per heavy atom. The van der Waals surface area contributed by atoms with Crippen LogP contribution >= 0.6 is 0 Å². The molecule has 0 atom stereocenters. The number of rotatable bonds is 5. The standard InChI is InChI=1S/C21H30N4/c1-21(2,3)23-16-19-9-10-20(22-15-19)25-13-11-24(12-14-25)17-18-7-5-4-6-8-18/h4-10,15,23H,11-14,16-17H2,1-3H3. The second-order valence-corrected chi connectivity index (χ2v) is 7.88. The van der Waals surface area contributed by atoms with Crippen LogP contribution in [0, 0.1) is 0 Å². The molecule has 1 aromatic heterocycles. The van der Waals surface area contributed by atoms with E-state index in [4.69, 9.17) is 0 Å². The molecule has 4 heteroatoms. The van der Waals surface area contributed by atoms with E-state index in [1.807, 2.05) is 6.20 Å². The zero-order chi connectivity index (χ0) is 17.7. The molecular weight excluding hydrogens is 308 g/mol. The highest BCUT2D eigenvalue weighted by molar-refractivity contribution is 5.40. The molecule has 1 aliphatic rings. The minimum atomic E-state index is 0.133. The van der Waals surface area contributed by atoms with Gasteiger partial charge in [0.25, 0.3) is 0 Å². The van der Waals surface area contributed by atoms with Gasteiger partial charge >= 0.3 is 0 Å². The van der Waals surface area contributed by atoms with Crippen molar-refractivity contribution in [3.8, 4) is 0 Å². The van der Waals surface area contributed by atoms with E-state index in [0.29, 0.717) is 0 Å². The second-order valence-electron chi connectivity index (χ2n) is 7.88. The van der Waals surface area contributed by atoms with E-state index in [9.17, 15) is 0 Å². The van der Waals surface area contributed by atoms with Crippen LogP contribution in [-0.4, -0.2) is 41.6 Å².